The quantitative estimate of drug-likeness (QED) is 0.547. The summed E-state index contributed by atoms with van der Waals surface area (Å²) < 4.78 is 0. The molecule has 2 amide bonds. The first-order valence-corrected chi connectivity index (χ1v) is 10.4. The molecule has 0 aliphatic carbocycles. The van der Waals surface area contributed by atoms with Crippen molar-refractivity contribution in [3.63, 3.8) is 0 Å². The highest BCUT2D eigenvalue weighted by Gasteiger charge is 2.41. The Morgan fingerprint density at radius 3 is 2.38 bits per heavy atom. The van der Waals surface area contributed by atoms with Crippen LogP contribution < -0.4 is 10.2 Å². The third kappa shape index (κ3) is 3.48. The van der Waals surface area contributed by atoms with Gasteiger partial charge in [-0.2, -0.15) is 0 Å². The minimum atomic E-state index is -0.371. The second-order valence-electron chi connectivity index (χ2n) is 7.05. The molecule has 0 bridgehead atoms. The summed E-state index contributed by atoms with van der Waals surface area (Å²) in [6.07, 6.45) is 0. The Morgan fingerprint density at radius 1 is 0.931 bits per heavy atom. The van der Waals surface area contributed by atoms with Crippen LogP contribution in [-0.4, -0.2) is 11.8 Å². The molecule has 4 rings (SSSR count). The van der Waals surface area contributed by atoms with Crippen molar-refractivity contribution < 1.29 is 9.59 Å². The molecule has 2 heterocycles. The summed E-state index contributed by atoms with van der Waals surface area (Å²) in [4.78, 5) is 28.8. The number of halogens is 1. The number of hydrogen-bond donors (Lipinski definition) is 1. The van der Waals surface area contributed by atoms with Crippen molar-refractivity contribution in [2.75, 3.05) is 10.2 Å². The first-order valence-electron chi connectivity index (χ1n) is 9.14. The zero-order chi connectivity index (χ0) is 20.7. The van der Waals surface area contributed by atoms with Crippen LogP contribution in [0.1, 0.15) is 21.6 Å². The normalized spacial score (nSPS) is 14.1. The molecular weight excluding hydrogens is 404 g/mol. The van der Waals surface area contributed by atoms with Crippen LogP contribution in [0.25, 0.3) is 5.57 Å². The van der Waals surface area contributed by atoms with Crippen molar-refractivity contribution in [1.29, 1.82) is 0 Å². The minimum absolute atomic E-state index is 0.262. The highest BCUT2D eigenvalue weighted by atomic mass is 35.5. The fraction of sp³-hybridized carbons (Fsp3) is 0.130. The van der Waals surface area contributed by atoms with Crippen molar-refractivity contribution in [2.45, 2.75) is 20.8 Å². The smallest absolute Gasteiger partial charge is 0.282 e. The number of carbonyl (C=O) groups is 2. The first-order chi connectivity index (χ1) is 13.9. The Morgan fingerprint density at radius 2 is 1.69 bits per heavy atom. The summed E-state index contributed by atoms with van der Waals surface area (Å²) in [5.74, 6) is -0.698. The average molecular weight is 423 g/mol. The van der Waals surface area contributed by atoms with Crippen LogP contribution in [0.4, 0.5) is 11.4 Å². The van der Waals surface area contributed by atoms with E-state index in [-0.39, 0.29) is 17.5 Å². The van der Waals surface area contributed by atoms with Gasteiger partial charge in [-0.15, -0.1) is 11.3 Å². The second-order valence-corrected chi connectivity index (χ2v) is 8.41. The molecule has 3 aromatic rings. The first kappa shape index (κ1) is 19.4. The Hall–Kier alpha value is -2.89. The number of amides is 2. The molecule has 0 unspecified atom stereocenters. The lowest BCUT2D eigenvalue weighted by molar-refractivity contribution is -0.120. The van der Waals surface area contributed by atoms with Gasteiger partial charge in [0.1, 0.15) is 5.70 Å². The van der Waals surface area contributed by atoms with Crippen LogP contribution in [-0.2, 0) is 9.59 Å². The topological polar surface area (TPSA) is 49.4 Å². The van der Waals surface area contributed by atoms with Crippen molar-refractivity contribution in [3.05, 3.63) is 86.2 Å². The maximum atomic E-state index is 13.4. The molecule has 0 spiro atoms. The van der Waals surface area contributed by atoms with E-state index in [1.54, 1.807) is 6.07 Å². The summed E-state index contributed by atoms with van der Waals surface area (Å²) in [5, 5.41) is 5.63. The fourth-order valence-electron chi connectivity index (χ4n) is 3.29. The molecule has 29 heavy (non-hydrogen) atoms. The summed E-state index contributed by atoms with van der Waals surface area (Å²) >= 11 is 7.67. The lowest BCUT2D eigenvalue weighted by Crippen LogP contribution is -2.33. The van der Waals surface area contributed by atoms with Crippen LogP contribution in [0, 0.1) is 20.8 Å². The molecule has 2 aromatic carbocycles. The largest absolute Gasteiger partial charge is 0.350 e. The number of benzene rings is 2. The number of hydrogen-bond acceptors (Lipinski definition) is 4. The van der Waals surface area contributed by atoms with E-state index in [0.29, 0.717) is 22.0 Å². The number of nitrogens with one attached hydrogen (secondary N) is 1. The molecule has 1 aliphatic heterocycles. The molecule has 4 nitrogen and oxygen atoms in total. The van der Waals surface area contributed by atoms with Gasteiger partial charge in [0.15, 0.2) is 0 Å². The van der Waals surface area contributed by atoms with Crippen LogP contribution in [0.15, 0.2) is 59.6 Å². The Balaban J connectivity index is 1.82. The average Bonchev–Trinajstić information content (AvgIpc) is 3.28. The van der Waals surface area contributed by atoms with E-state index in [1.165, 1.54) is 16.2 Å². The molecule has 0 saturated carbocycles. The monoisotopic (exact) mass is 422 g/mol. The minimum Gasteiger partial charge on any atom is -0.350 e. The molecular formula is C23H19ClN2O2S. The number of aryl methyl sites for hydroxylation is 3. The van der Waals surface area contributed by atoms with Crippen molar-refractivity contribution in [2.24, 2.45) is 0 Å². The maximum Gasteiger partial charge on any atom is 0.282 e. The van der Waals surface area contributed by atoms with Crippen LogP contribution in [0.3, 0.4) is 0 Å². The van der Waals surface area contributed by atoms with Crippen molar-refractivity contribution in [3.8, 4) is 0 Å². The highest BCUT2D eigenvalue weighted by Crippen LogP contribution is 2.37. The second kappa shape index (κ2) is 7.50. The highest BCUT2D eigenvalue weighted by molar-refractivity contribution is 7.11. The van der Waals surface area contributed by atoms with E-state index in [9.17, 15) is 9.59 Å². The van der Waals surface area contributed by atoms with Gasteiger partial charge in [0, 0.05) is 15.6 Å². The maximum absolute atomic E-state index is 13.4. The summed E-state index contributed by atoms with van der Waals surface area (Å²) in [6.45, 7) is 5.75. The summed E-state index contributed by atoms with van der Waals surface area (Å²) in [5.41, 5.74) is 4.69. The van der Waals surface area contributed by atoms with Crippen LogP contribution in [0.2, 0.25) is 5.02 Å². The van der Waals surface area contributed by atoms with Crippen molar-refractivity contribution in [1.82, 2.24) is 0 Å². The number of imide groups is 1. The Bertz CT molecular complexity index is 1170. The van der Waals surface area contributed by atoms with E-state index in [1.807, 2.05) is 68.6 Å². The SMILES string of the molecule is Cc1ccc(C)c(N2C(=O)C(Nc3ccc(C)c(Cl)c3)=C(c3cccs3)C2=O)c1. The molecule has 0 radical (unpaired) electrons. The van der Waals surface area contributed by atoms with Crippen LogP contribution >= 0.6 is 22.9 Å². The van der Waals surface area contributed by atoms with E-state index in [0.717, 1.165) is 21.6 Å². The number of thiophene rings is 1. The van der Waals surface area contributed by atoms with Gasteiger partial charge in [-0.1, -0.05) is 35.9 Å². The summed E-state index contributed by atoms with van der Waals surface area (Å²) in [6, 6.07) is 14.9. The third-order valence-corrected chi connectivity index (χ3v) is 6.19. The molecule has 1 aliphatic rings. The summed E-state index contributed by atoms with van der Waals surface area (Å²) in [7, 11) is 0. The molecule has 1 N–H and O–H groups in total. The van der Waals surface area contributed by atoms with Crippen LogP contribution in [0.5, 0.6) is 0 Å². The Kier molecular flexibility index (Phi) is 5.03. The molecule has 0 atom stereocenters. The van der Waals surface area contributed by atoms with Gasteiger partial charge in [0.05, 0.1) is 11.3 Å². The third-order valence-electron chi connectivity index (χ3n) is 4.90. The van der Waals surface area contributed by atoms with Gasteiger partial charge in [0.2, 0.25) is 0 Å². The predicted molar refractivity (Wildman–Crippen MR) is 119 cm³/mol. The van der Waals surface area contributed by atoms with Gasteiger partial charge in [-0.05, 0) is 67.1 Å². The van der Waals surface area contributed by atoms with Gasteiger partial charge < -0.3 is 5.32 Å². The standard InChI is InChI=1S/C23H19ClN2O2S/c1-13-6-7-15(3)18(11-13)26-22(27)20(19-5-4-10-29-19)21(23(26)28)25-16-9-8-14(2)17(24)12-16/h4-12,25H,1-3H3. The zero-order valence-corrected chi connectivity index (χ0v) is 17.8. The Labute approximate surface area is 178 Å². The number of carbonyl (C=O) groups excluding carboxylic acids is 2. The molecule has 0 saturated heterocycles. The molecule has 0 fully saturated rings. The molecule has 1 aromatic heterocycles. The van der Waals surface area contributed by atoms with Gasteiger partial charge in [-0.25, -0.2) is 4.90 Å². The van der Waals surface area contributed by atoms with E-state index in [2.05, 4.69) is 5.32 Å². The predicted octanol–water partition coefficient (Wildman–Crippen LogP) is 5.72. The zero-order valence-electron chi connectivity index (χ0n) is 16.2. The number of rotatable bonds is 4. The lowest BCUT2D eigenvalue weighted by Gasteiger charge is -2.18. The van der Waals surface area contributed by atoms with E-state index in [4.69, 9.17) is 11.6 Å². The number of nitrogens with zero attached hydrogens (tertiary/aromatic N) is 1. The molecule has 146 valence electrons. The van der Waals surface area contributed by atoms with Gasteiger partial charge in [-0.3, -0.25) is 9.59 Å². The van der Waals surface area contributed by atoms with Gasteiger partial charge in [0.25, 0.3) is 11.8 Å². The fourth-order valence-corrected chi connectivity index (χ4v) is 4.24. The van der Waals surface area contributed by atoms with E-state index < -0.39 is 0 Å². The van der Waals surface area contributed by atoms with Crippen molar-refractivity contribution >= 4 is 51.7 Å². The number of anilines is 2. The lowest BCUT2D eigenvalue weighted by atomic mass is 10.1. The molecule has 6 heteroatoms. The van der Waals surface area contributed by atoms with Gasteiger partial charge >= 0.3 is 0 Å². The van der Waals surface area contributed by atoms with E-state index >= 15 is 0 Å².